The van der Waals surface area contributed by atoms with E-state index >= 15 is 0 Å². The van der Waals surface area contributed by atoms with Gasteiger partial charge in [-0.1, -0.05) is 22.8 Å². The Hall–Kier alpha value is -1.48. The molecule has 2 aromatic rings. The standard InChI is InChI=1S/C12H12ClNO2/c1-8-3-4-10(13)6-12(8)15-7-11-5-9(2)14-16-11/h3-6H,7H2,1-2H3. The van der Waals surface area contributed by atoms with Crippen molar-refractivity contribution >= 4 is 11.6 Å². The minimum Gasteiger partial charge on any atom is -0.485 e. The summed E-state index contributed by atoms with van der Waals surface area (Å²) in [5, 5.41) is 4.45. The molecular formula is C12H12ClNO2. The van der Waals surface area contributed by atoms with E-state index in [4.69, 9.17) is 20.9 Å². The molecule has 16 heavy (non-hydrogen) atoms. The fourth-order valence-electron chi connectivity index (χ4n) is 1.36. The molecule has 0 aliphatic carbocycles. The van der Waals surface area contributed by atoms with Crippen LogP contribution in [0, 0.1) is 13.8 Å². The third kappa shape index (κ3) is 2.55. The lowest BCUT2D eigenvalue weighted by Crippen LogP contribution is -1.95. The highest BCUT2D eigenvalue weighted by atomic mass is 35.5. The molecule has 0 amide bonds. The summed E-state index contributed by atoms with van der Waals surface area (Å²) >= 11 is 5.89. The Morgan fingerprint density at radius 3 is 2.81 bits per heavy atom. The maximum absolute atomic E-state index is 5.89. The summed E-state index contributed by atoms with van der Waals surface area (Å²) < 4.78 is 10.6. The van der Waals surface area contributed by atoms with Crippen LogP contribution in [0.15, 0.2) is 28.8 Å². The molecule has 84 valence electrons. The highest BCUT2D eigenvalue weighted by Crippen LogP contribution is 2.23. The van der Waals surface area contributed by atoms with Crippen molar-refractivity contribution < 1.29 is 9.26 Å². The van der Waals surface area contributed by atoms with Crippen LogP contribution in [0.25, 0.3) is 0 Å². The molecule has 1 aromatic carbocycles. The van der Waals surface area contributed by atoms with Crippen molar-refractivity contribution in [3.63, 3.8) is 0 Å². The Balaban J connectivity index is 2.07. The molecule has 4 heteroatoms. The Kier molecular flexibility index (Phi) is 3.15. The summed E-state index contributed by atoms with van der Waals surface area (Å²) in [7, 11) is 0. The van der Waals surface area contributed by atoms with Gasteiger partial charge in [-0.3, -0.25) is 0 Å². The van der Waals surface area contributed by atoms with Crippen LogP contribution in [0.3, 0.4) is 0 Å². The normalized spacial score (nSPS) is 10.4. The zero-order chi connectivity index (χ0) is 11.5. The predicted octanol–water partition coefficient (Wildman–Crippen LogP) is 3.52. The second-order valence-corrected chi connectivity index (χ2v) is 4.07. The van der Waals surface area contributed by atoms with Crippen LogP contribution in [0.1, 0.15) is 17.0 Å². The van der Waals surface area contributed by atoms with Crippen molar-refractivity contribution in [1.82, 2.24) is 5.16 Å². The van der Waals surface area contributed by atoms with Gasteiger partial charge in [0.1, 0.15) is 12.4 Å². The van der Waals surface area contributed by atoms with E-state index in [-0.39, 0.29) is 0 Å². The molecule has 0 spiro atoms. The zero-order valence-corrected chi connectivity index (χ0v) is 9.91. The van der Waals surface area contributed by atoms with E-state index in [1.807, 2.05) is 32.0 Å². The van der Waals surface area contributed by atoms with Gasteiger partial charge in [0.15, 0.2) is 5.76 Å². The molecule has 0 bridgehead atoms. The van der Waals surface area contributed by atoms with Crippen LogP contribution in [0.2, 0.25) is 5.02 Å². The number of benzene rings is 1. The second kappa shape index (κ2) is 4.58. The van der Waals surface area contributed by atoms with Crippen molar-refractivity contribution in [2.45, 2.75) is 20.5 Å². The Morgan fingerprint density at radius 1 is 1.31 bits per heavy atom. The number of hydrogen-bond acceptors (Lipinski definition) is 3. The molecule has 1 aromatic heterocycles. The summed E-state index contributed by atoms with van der Waals surface area (Å²) in [5.74, 6) is 1.47. The van der Waals surface area contributed by atoms with Gasteiger partial charge in [-0.15, -0.1) is 0 Å². The summed E-state index contributed by atoms with van der Waals surface area (Å²) in [6.07, 6.45) is 0. The molecule has 2 rings (SSSR count). The minimum absolute atomic E-state index is 0.363. The molecule has 0 unspecified atom stereocenters. The summed E-state index contributed by atoms with van der Waals surface area (Å²) in [4.78, 5) is 0. The molecule has 0 aliphatic rings. The fraction of sp³-hybridized carbons (Fsp3) is 0.250. The Labute approximate surface area is 99.0 Å². The van der Waals surface area contributed by atoms with Crippen LogP contribution in [-0.4, -0.2) is 5.16 Å². The summed E-state index contributed by atoms with van der Waals surface area (Å²) in [6, 6.07) is 7.39. The van der Waals surface area contributed by atoms with E-state index in [9.17, 15) is 0 Å². The largest absolute Gasteiger partial charge is 0.485 e. The van der Waals surface area contributed by atoms with Gasteiger partial charge in [0.2, 0.25) is 0 Å². The molecule has 0 saturated carbocycles. The molecule has 0 radical (unpaired) electrons. The van der Waals surface area contributed by atoms with Gasteiger partial charge in [0.05, 0.1) is 5.69 Å². The average Bonchev–Trinajstić information content (AvgIpc) is 2.66. The average molecular weight is 238 g/mol. The monoisotopic (exact) mass is 237 g/mol. The lowest BCUT2D eigenvalue weighted by Gasteiger charge is -2.07. The van der Waals surface area contributed by atoms with Crippen LogP contribution in [0.5, 0.6) is 5.75 Å². The quantitative estimate of drug-likeness (QED) is 0.819. The predicted molar refractivity (Wildman–Crippen MR) is 61.8 cm³/mol. The molecule has 0 saturated heterocycles. The first-order valence-electron chi connectivity index (χ1n) is 4.96. The third-order valence-corrected chi connectivity index (χ3v) is 2.43. The van der Waals surface area contributed by atoms with E-state index in [1.165, 1.54) is 0 Å². The number of nitrogens with zero attached hydrogens (tertiary/aromatic N) is 1. The highest BCUT2D eigenvalue weighted by Gasteiger charge is 2.04. The van der Waals surface area contributed by atoms with Crippen LogP contribution < -0.4 is 4.74 Å². The Morgan fingerprint density at radius 2 is 2.12 bits per heavy atom. The van der Waals surface area contributed by atoms with Gasteiger partial charge in [0.25, 0.3) is 0 Å². The third-order valence-electron chi connectivity index (χ3n) is 2.20. The molecule has 0 atom stereocenters. The van der Waals surface area contributed by atoms with Crippen molar-refractivity contribution in [3.05, 3.63) is 46.3 Å². The van der Waals surface area contributed by atoms with Crippen LogP contribution in [-0.2, 0) is 6.61 Å². The first-order valence-corrected chi connectivity index (χ1v) is 5.34. The van der Waals surface area contributed by atoms with Gasteiger partial charge in [-0.2, -0.15) is 0 Å². The first-order chi connectivity index (χ1) is 7.65. The summed E-state index contributed by atoms with van der Waals surface area (Å²) in [5.41, 5.74) is 1.89. The lowest BCUT2D eigenvalue weighted by atomic mass is 10.2. The highest BCUT2D eigenvalue weighted by molar-refractivity contribution is 6.30. The second-order valence-electron chi connectivity index (χ2n) is 3.63. The number of hydrogen-bond donors (Lipinski definition) is 0. The van der Waals surface area contributed by atoms with E-state index in [2.05, 4.69) is 5.16 Å². The zero-order valence-electron chi connectivity index (χ0n) is 9.16. The number of ether oxygens (including phenoxy) is 1. The minimum atomic E-state index is 0.363. The van der Waals surface area contributed by atoms with E-state index in [1.54, 1.807) is 6.07 Å². The van der Waals surface area contributed by atoms with E-state index in [0.29, 0.717) is 17.4 Å². The van der Waals surface area contributed by atoms with Crippen molar-refractivity contribution in [3.8, 4) is 5.75 Å². The van der Waals surface area contributed by atoms with Crippen LogP contribution >= 0.6 is 11.6 Å². The molecular weight excluding hydrogens is 226 g/mol. The molecule has 0 N–H and O–H groups in total. The maximum Gasteiger partial charge on any atom is 0.174 e. The van der Waals surface area contributed by atoms with Gasteiger partial charge < -0.3 is 9.26 Å². The van der Waals surface area contributed by atoms with Gasteiger partial charge in [-0.05, 0) is 31.5 Å². The number of halogens is 1. The molecule has 0 fully saturated rings. The van der Waals surface area contributed by atoms with E-state index < -0.39 is 0 Å². The van der Waals surface area contributed by atoms with Gasteiger partial charge in [0, 0.05) is 11.1 Å². The number of aromatic nitrogens is 1. The number of aryl methyl sites for hydroxylation is 2. The van der Waals surface area contributed by atoms with Crippen molar-refractivity contribution in [2.75, 3.05) is 0 Å². The smallest absolute Gasteiger partial charge is 0.174 e. The fourth-order valence-corrected chi connectivity index (χ4v) is 1.52. The first kappa shape index (κ1) is 11.0. The molecule has 3 nitrogen and oxygen atoms in total. The topological polar surface area (TPSA) is 35.3 Å². The van der Waals surface area contributed by atoms with Crippen molar-refractivity contribution in [2.24, 2.45) is 0 Å². The molecule has 1 heterocycles. The van der Waals surface area contributed by atoms with E-state index in [0.717, 1.165) is 17.0 Å². The SMILES string of the molecule is Cc1cc(COc2cc(Cl)ccc2C)on1. The van der Waals surface area contributed by atoms with Crippen molar-refractivity contribution in [1.29, 1.82) is 0 Å². The van der Waals surface area contributed by atoms with Gasteiger partial charge >= 0.3 is 0 Å². The van der Waals surface area contributed by atoms with Crippen LogP contribution in [0.4, 0.5) is 0 Å². The van der Waals surface area contributed by atoms with Gasteiger partial charge in [-0.25, -0.2) is 0 Å². The maximum atomic E-state index is 5.89. The number of rotatable bonds is 3. The lowest BCUT2D eigenvalue weighted by molar-refractivity contribution is 0.247. The summed E-state index contributed by atoms with van der Waals surface area (Å²) in [6.45, 7) is 4.21. The molecule has 0 aliphatic heterocycles. The Bertz CT molecular complexity index is 494.